The molecule has 0 unspecified atom stereocenters. The van der Waals surface area contributed by atoms with Gasteiger partial charge in [0.1, 0.15) is 11.6 Å². The molecular weight excluding hydrogens is 270 g/mol. The van der Waals surface area contributed by atoms with Gasteiger partial charge in [-0.1, -0.05) is 12.1 Å². The van der Waals surface area contributed by atoms with Crippen molar-refractivity contribution in [2.75, 3.05) is 26.2 Å². The minimum atomic E-state index is -0.398. The molecule has 0 bridgehead atoms. The van der Waals surface area contributed by atoms with Crippen molar-refractivity contribution in [2.24, 2.45) is 0 Å². The van der Waals surface area contributed by atoms with Crippen molar-refractivity contribution in [3.63, 3.8) is 0 Å². The van der Waals surface area contributed by atoms with Gasteiger partial charge in [0.2, 0.25) is 5.91 Å². The van der Waals surface area contributed by atoms with Crippen LogP contribution in [0.3, 0.4) is 0 Å². The second kappa shape index (κ2) is 6.24. The first-order valence-corrected chi connectivity index (χ1v) is 7.19. The third kappa shape index (κ3) is 3.22. The summed E-state index contributed by atoms with van der Waals surface area (Å²) in [6, 6.07) is 5.85. The van der Waals surface area contributed by atoms with Gasteiger partial charge in [0, 0.05) is 26.1 Å². The van der Waals surface area contributed by atoms with E-state index in [0.29, 0.717) is 32.0 Å². The van der Waals surface area contributed by atoms with Gasteiger partial charge in [-0.05, 0) is 18.6 Å². The molecule has 0 radical (unpaired) electrons. The predicted octanol–water partition coefficient (Wildman–Crippen LogP) is 0.783. The van der Waals surface area contributed by atoms with Crippen LogP contribution in [0.1, 0.15) is 11.5 Å². The molecule has 112 valence electrons. The SMILES string of the molecule is Cc1cccc2oc(CCNC(=O)[C@@H]3CNCCO3)nc12. The van der Waals surface area contributed by atoms with E-state index in [0.717, 1.165) is 23.2 Å². The Balaban J connectivity index is 1.54. The number of ether oxygens (including phenoxy) is 1. The Morgan fingerprint density at radius 1 is 1.52 bits per heavy atom. The summed E-state index contributed by atoms with van der Waals surface area (Å²) in [7, 11) is 0. The van der Waals surface area contributed by atoms with E-state index in [1.165, 1.54) is 0 Å². The quantitative estimate of drug-likeness (QED) is 0.870. The Bertz CT molecular complexity index is 632. The highest BCUT2D eigenvalue weighted by molar-refractivity contribution is 5.81. The molecule has 2 aromatic rings. The van der Waals surface area contributed by atoms with Gasteiger partial charge in [-0.25, -0.2) is 4.98 Å². The number of benzene rings is 1. The summed E-state index contributed by atoms with van der Waals surface area (Å²) in [6.07, 6.45) is 0.171. The van der Waals surface area contributed by atoms with Gasteiger partial charge in [0.15, 0.2) is 11.5 Å². The number of para-hydroxylation sites is 1. The zero-order valence-corrected chi connectivity index (χ0v) is 12.0. The maximum absolute atomic E-state index is 11.9. The molecule has 1 saturated heterocycles. The van der Waals surface area contributed by atoms with Gasteiger partial charge in [-0.2, -0.15) is 0 Å². The average molecular weight is 289 g/mol. The van der Waals surface area contributed by atoms with E-state index in [-0.39, 0.29) is 5.91 Å². The van der Waals surface area contributed by atoms with Crippen molar-refractivity contribution < 1.29 is 13.9 Å². The predicted molar refractivity (Wildman–Crippen MR) is 78.1 cm³/mol. The number of aryl methyl sites for hydroxylation is 1. The number of carbonyl (C=O) groups excluding carboxylic acids is 1. The number of hydrogen-bond donors (Lipinski definition) is 2. The number of morpholine rings is 1. The van der Waals surface area contributed by atoms with E-state index < -0.39 is 6.10 Å². The fourth-order valence-electron chi connectivity index (χ4n) is 2.38. The van der Waals surface area contributed by atoms with Crippen LogP contribution >= 0.6 is 0 Å². The standard InChI is InChI=1S/C15H19N3O3/c1-10-3-2-4-11-14(10)18-13(21-11)5-6-17-15(19)12-9-16-7-8-20-12/h2-4,12,16H,5-9H2,1H3,(H,17,19)/t12-/m0/s1. The first-order valence-electron chi connectivity index (χ1n) is 7.19. The van der Waals surface area contributed by atoms with Gasteiger partial charge in [0.25, 0.3) is 0 Å². The third-order valence-corrected chi connectivity index (χ3v) is 3.52. The van der Waals surface area contributed by atoms with Crippen LogP contribution < -0.4 is 10.6 Å². The zero-order valence-electron chi connectivity index (χ0n) is 12.0. The number of carbonyl (C=O) groups is 1. The summed E-state index contributed by atoms with van der Waals surface area (Å²) in [5, 5.41) is 5.99. The fourth-order valence-corrected chi connectivity index (χ4v) is 2.38. The lowest BCUT2D eigenvalue weighted by molar-refractivity contribution is -0.134. The van der Waals surface area contributed by atoms with Gasteiger partial charge >= 0.3 is 0 Å². The van der Waals surface area contributed by atoms with Crippen LogP contribution in [0.15, 0.2) is 22.6 Å². The van der Waals surface area contributed by atoms with Crippen LogP contribution in [0.2, 0.25) is 0 Å². The first-order chi connectivity index (χ1) is 10.2. The number of nitrogens with one attached hydrogen (secondary N) is 2. The molecule has 21 heavy (non-hydrogen) atoms. The molecule has 1 aromatic carbocycles. The number of oxazole rings is 1. The maximum atomic E-state index is 11.9. The van der Waals surface area contributed by atoms with Crippen molar-refractivity contribution >= 4 is 17.0 Å². The Morgan fingerprint density at radius 3 is 3.19 bits per heavy atom. The van der Waals surface area contributed by atoms with Crippen molar-refractivity contribution in [2.45, 2.75) is 19.4 Å². The second-order valence-electron chi connectivity index (χ2n) is 5.13. The Kier molecular flexibility index (Phi) is 4.17. The van der Waals surface area contributed by atoms with Crippen LogP contribution in [0, 0.1) is 6.92 Å². The summed E-state index contributed by atoms with van der Waals surface area (Å²) < 4.78 is 11.1. The molecule has 0 spiro atoms. The molecule has 0 aliphatic carbocycles. The zero-order chi connectivity index (χ0) is 14.7. The summed E-state index contributed by atoms with van der Waals surface area (Å²) in [4.78, 5) is 16.3. The largest absolute Gasteiger partial charge is 0.441 e. The Hall–Kier alpha value is -1.92. The number of amides is 1. The molecule has 1 aliphatic rings. The monoisotopic (exact) mass is 289 g/mol. The molecule has 1 atom stereocenters. The molecule has 2 N–H and O–H groups in total. The fraction of sp³-hybridized carbons (Fsp3) is 0.467. The van der Waals surface area contributed by atoms with Crippen LogP contribution in [0.5, 0.6) is 0 Å². The minimum absolute atomic E-state index is 0.0884. The second-order valence-corrected chi connectivity index (χ2v) is 5.13. The smallest absolute Gasteiger partial charge is 0.250 e. The molecule has 1 aromatic heterocycles. The molecular formula is C15H19N3O3. The molecule has 1 aliphatic heterocycles. The van der Waals surface area contributed by atoms with Crippen molar-refractivity contribution in [3.8, 4) is 0 Å². The summed E-state index contributed by atoms with van der Waals surface area (Å²) in [5.74, 6) is 0.553. The number of fused-ring (bicyclic) bond motifs is 1. The van der Waals surface area contributed by atoms with E-state index in [9.17, 15) is 4.79 Å². The third-order valence-electron chi connectivity index (χ3n) is 3.52. The Morgan fingerprint density at radius 2 is 2.43 bits per heavy atom. The van der Waals surface area contributed by atoms with E-state index in [1.54, 1.807) is 0 Å². The Labute approximate surface area is 122 Å². The summed E-state index contributed by atoms with van der Waals surface area (Å²) >= 11 is 0. The number of aromatic nitrogens is 1. The summed E-state index contributed by atoms with van der Waals surface area (Å²) in [6.45, 7) is 4.43. The van der Waals surface area contributed by atoms with Crippen molar-refractivity contribution in [1.29, 1.82) is 0 Å². The molecule has 1 amide bonds. The molecule has 1 fully saturated rings. The van der Waals surface area contributed by atoms with E-state index in [4.69, 9.17) is 9.15 Å². The van der Waals surface area contributed by atoms with Gasteiger partial charge in [-0.3, -0.25) is 4.79 Å². The number of rotatable bonds is 4. The lowest BCUT2D eigenvalue weighted by Crippen LogP contribution is -2.48. The molecule has 2 heterocycles. The molecule has 0 saturated carbocycles. The van der Waals surface area contributed by atoms with Crippen LogP contribution in [-0.4, -0.2) is 43.2 Å². The average Bonchev–Trinajstić information content (AvgIpc) is 2.92. The van der Waals surface area contributed by atoms with Crippen LogP contribution in [0.4, 0.5) is 0 Å². The van der Waals surface area contributed by atoms with Crippen molar-refractivity contribution in [1.82, 2.24) is 15.6 Å². The van der Waals surface area contributed by atoms with E-state index in [1.807, 2.05) is 25.1 Å². The van der Waals surface area contributed by atoms with Crippen LogP contribution in [-0.2, 0) is 16.0 Å². The van der Waals surface area contributed by atoms with Gasteiger partial charge < -0.3 is 19.8 Å². The van der Waals surface area contributed by atoms with Gasteiger partial charge in [-0.15, -0.1) is 0 Å². The van der Waals surface area contributed by atoms with E-state index in [2.05, 4.69) is 15.6 Å². The molecule has 6 heteroatoms. The maximum Gasteiger partial charge on any atom is 0.250 e. The van der Waals surface area contributed by atoms with Gasteiger partial charge in [0.05, 0.1) is 6.61 Å². The highest BCUT2D eigenvalue weighted by Gasteiger charge is 2.21. The summed E-state index contributed by atoms with van der Waals surface area (Å²) in [5.41, 5.74) is 2.77. The number of nitrogens with zero attached hydrogens (tertiary/aromatic N) is 1. The lowest BCUT2D eigenvalue weighted by Gasteiger charge is -2.22. The van der Waals surface area contributed by atoms with Crippen LogP contribution in [0.25, 0.3) is 11.1 Å². The highest BCUT2D eigenvalue weighted by Crippen LogP contribution is 2.18. The molecule has 6 nitrogen and oxygen atoms in total. The highest BCUT2D eigenvalue weighted by atomic mass is 16.5. The normalized spacial score (nSPS) is 18.8. The topological polar surface area (TPSA) is 76.4 Å². The number of hydrogen-bond acceptors (Lipinski definition) is 5. The lowest BCUT2D eigenvalue weighted by atomic mass is 10.2. The van der Waals surface area contributed by atoms with Crippen molar-refractivity contribution in [3.05, 3.63) is 29.7 Å². The minimum Gasteiger partial charge on any atom is -0.441 e. The first kappa shape index (κ1) is 14.0. The van der Waals surface area contributed by atoms with E-state index >= 15 is 0 Å². The molecule has 3 rings (SSSR count).